The second kappa shape index (κ2) is 5.10. The van der Waals surface area contributed by atoms with Gasteiger partial charge in [-0.15, -0.1) is 0 Å². The van der Waals surface area contributed by atoms with Crippen molar-refractivity contribution in [1.29, 1.82) is 0 Å². The molecule has 4 atom stereocenters. The Morgan fingerprint density at radius 2 is 2.11 bits per heavy atom. The summed E-state index contributed by atoms with van der Waals surface area (Å²) in [4.78, 5) is 11.7. The number of allylic oxidation sites excluding steroid dienone is 1. The Morgan fingerprint density at radius 3 is 2.79 bits per heavy atom. The average Bonchev–Trinajstić information content (AvgIpc) is 2.54. The van der Waals surface area contributed by atoms with Gasteiger partial charge in [-0.3, -0.25) is 0 Å². The molecule has 1 saturated heterocycles. The number of ether oxygens (including phenoxy) is 1. The Morgan fingerprint density at radius 1 is 1.42 bits per heavy atom. The summed E-state index contributed by atoms with van der Waals surface area (Å²) in [6, 6.07) is 0. The first kappa shape index (κ1) is 14.3. The molecule has 0 aromatic rings. The van der Waals surface area contributed by atoms with Gasteiger partial charge >= 0.3 is 5.97 Å². The fourth-order valence-corrected chi connectivity index (χ4v) is 2.75. The lowest BCUT2D eigenvalue weighted by Crippen LogP contribution is -2.38. The van der Waals surface area contributed by atoms with Gasteiger partial charge in [0, 0.05) is 5.92 Å². The first-order chi connectivity index (χ1) is 8.82. The van der Waals surface area contributed by atoms with E-state index in [9.17, 15) is 15.0 Å². The van der Waals surface area contributed by atoms with E-state index in [1.165, 1.54) is 12.5 Å². The maximum absolute atomic E-state index is 11.7. The highest BCUT2D eigenvalue weighted by Crippen LogP contribution is 2.38. The fourth-order valence-electron chi connectivity index (χ4n) is 2.75. The Bertz CT molecular complexity index is 433. The summed E-state index contributed by atoms with van der Waals surface area (Å²) in [7, 11) is 0. The minimum Gasteiger partial charge on any atom is -0.456 e. The first-order valence-electron chi connectivity index (χ1n) is 6.78. The summed E-state index contributed by atoms with van der Waals surface area (Å²) >= 11 is 0. The van der Waals surface area contributed by atoms with Crippen molar-refractivity contribution < 1.29 is 19.7 Å². The van der Waals surface area contributed by atoms with Crippen LogP contribution in [-0.4, -0.2) is 34.0 Å². The zero-order valence-corrected chi connectivity index (χ0v) is 11.7. The highest BCUT2D eigenvalue weighted by atomic mass is 16.6. The van der Waals surface area contributed by atoms with Crippen molar-refractivity contribution in [3.05, 3.63) is 23.3 Å². The van der Waals surface area contributed by atoms with Crippen LogP contribution in [0, 0.1) is 5.92 Å². The SMILES string of the molecule is CC1=CCC(O)C(C)=CC2OC(=O)C(C)(O)C2CC1. The molecule has 4 nitrogen and oxygen atoms in total. The van der Waals surface area contributed by atoms with Crippen LogP contribution in [0.25, 0.3) is 0 Å². The molecule has 0 spiro atoms. The van der Waals surface area contributed by atoms with Gasteiger partial charge in [-0.1, -0.05) is 11.6 Å². The van der Waals surface area contributed by atoms with Crippen LogP contribution in [0.2, 0.25) is 0 Å². The molecular weight excluding hydrogens is 244 g/mol. The van der Waals surface area contributed by atoms with Crippen molar-refractivity contribution in [1.82, 2.24) is 0 Å². The molecule has 1 heterocycles. The van der Waals surface area contributed by atoms with Crippen molar-refractivity contribution in [2.24, 2.45) is 5.92 Å². The number of fused-ring (bicyclic) bond motifs is 1. The zero-order chi connectivity index (χ0) is 14.2. The monoisotopic (exact) mass is 266 g/mol. The minimum atomic E-state index is -1.44. The normalized spacial score (nSPS) is 40.1. The molecular formula is C15H22O4. The molecule has 4 heteroatoms. The van der Waals surface area contributed by atoms with E-state index in [-0.39, 0.29) is 5.92 Å². The topological polar surface area (TPSA) is 66.8 Å². The zero-order valence-electron chi connectivity index (χ0n) is 11.7. The second-order valence-corrected chi connectivity index (χ2v) is 5.88. The molecule has 0 saturated carbocycles. The largest absolute Gasteiger partial charge is 0.456 e. The standard InChI is InChI=1S/C15H22O4/c1-9-4-6-11-13(19-14(17)15(11,3)18)8-10(2)12(16)7-5-9/h5,8,11-13,16,18H,4,6-7H2,1-3H3. The molecule has 1 aliphatic carbocycles. The van der Waals surface area contributed by atoms with E-state index in [1.807, 2.05) is 19.9 Å². The Hall–Kier alpha value is -1.13. The van der Waals surface area contributed by atoms with E-state index in [4.69, 9.17) is 4.74 Å². The van der Waals surface area contributed by atoms with E-state index in [2.05, 4.69) is 0 Å². The smallest absolute Gasteiger partial charge is 0.338 e. The number of rotatable bonds is 0. The first-order valence-corrected chi connectivity index (χ1v) is 6.78. The summed E-state index contributed by atoms with van der Waals surface area (Å²) in [5.41, 5.74) is 0.514. The molecule has 0 radical (unpaired) electrons. The molecule has 2 rings (SSSR count). The van der Waals surface area contributed by atoms with Crippen molar-refractivity contribution in [2.45, 2.75) is 57.8 Å². The third kappa shape index (κ3) is 2.74. The summed E-state index contributed by atoms with van der Waals surface area (Å²) in [6.45, 7) is 5.35. The van der Waals surface area contributed by atoms with Crippen molar-refractivity contribution >= 4 is 5.97 Å². The maximum atomic E-state index is 11.7. The van der Waals surface area contributed by atoms with Gasteiger partial charge in [-0.05, 0) is 51.7 Å². The van der Waals surface area contributed by atoms with Gasteiger partial charge < -0.3 is 14.9 Å². The van der Waals surface area contributed by atoms with E-state index >= 15 is 0 Å². The van der Waals surface area contributed by atoms with Crippen molar-refractivity contribution in [3.8, 4) is 0 Å². The van der Waals surface area contributed by atoms with Crippen LogP contribution < -0.4 is 0 Å². The molecule has 1 fully saturated rings. The molecule has 19 heavy (non-hydrogen) atoms. The van der Waals surface area contributed by atoms with Crippen LogP contribution in [0.1, 0.15) is 40.0 Å². The second-order valence-electron chi connectivity index (χ2n) is 5.88. The Kier molecular flexibility index (Phi) is 3.83. The van der Waals surface area contributed by atoms with Gasteiger partial charge in [0.1, 0.15) is 6.10 Å². The molecule has 2 N–H and O–H groups in total. The van der Waals surface area contributed by atoms with Gasteiger partial charge in [-0.25, -0.2) is 4.79 Å². The summed E-state index contributed by atoms with van der Waals surface area (Å²) in [6.07, 6.45) is 4.88. The quantitative estimate of drug-likeness (QED) is 0.517. The van der Waals surface area contributed by atoms with Crippen LogP contribution in [0.15, 0.2) is 23.3 Å². The predicted molar refractivity (Wildman–Crippen MR) is 71.4 cm³/mol. The van der Waals surface area contributed by atoms with Crippen LogP contribution in [0.4, 0.5) is 0 Å². The minimum absolute atomic E-state index is 0.261. The van der Waals surface area contributed by atoms with Gasteiger partial charge in [-0.2, -0.15) is 0 Å². The lowest BCUT2D eigenvalue weighted by Gasteiger charge is -2.24. The lowest BCUT2D eigenvalue weighted by atomic mass is 9.81. The predicted octanol–water partition coefficient (Wildman–Crippen LogP) is 1.72. The molecule has 4 unspecified atom stereocenters. The Balaban J connectivity index is 2.34. The number of hydrogen-bond donors (Lipinski definition) is 2. The third-order valence-corrected chi connectivity index (χ3v) is 4.27. The molecule has 106 valence electrons. The van der Waals surface area contributed by atoms with Crippen molar-refractivity contribution in [3.63, 3.8) is 0 Å². The highest BCUT2D eigenvalue weighted by Gasteiger charge is 2.52. The number of carbonyl (C=O) groups excluding carboxylic acids is 1. The number of aliphatic hydroxyl groups excluding tert-OH is 1. The van der Waals surface area contributed by atoms with Crippen LogP contribution in [0.3, 0.4) is 0 Å². The molecule has 0 aromatic carbocycles. The lowest BCUT2D eigenvalue weighted by molar-refractivity contribution is -0.153. The van der Waals surface area contributed by atoms with Crippen LogP contribution >= 0.6 is 0 Å². The summed E-state index contributed by atoms with van der Waals surface area (Å²) in [5, 5.41) is 20.3. The average molecular weight is 266 g/mol. The van der Waals surface area contributed by atoms with Gasteiger partial charge in [0.05, 0.1) is 6.10 Å². The van der Waals surface area contributed by atoms with Crippen LogP contribution in [-0.2, 0) is 9.53 Å². The van der Waals surface area contributed by atoms with Crippen LogP contribution in [0.5, 0.6) is 0 Å². The highest BCUT2D eigenvalue weighted by molar-refractivity contribution is 5.82. The number of esters is 1. The Labute approximate surface area is 113 Å². The summed E-state index contributed by atoms with van der Waals surface area (Å²) in [5.74, 6) is -0.828. The third-order valence-electron chi connectivity index (χ3n) is 4.27. The van der Waals surface area contributed by atoms with E-state index in [0.29, 0.717) is 12.8 Å². The number of aliphatic hydroxyl groups is 2. The maximum Gasteiger partial charge on any atom is 0.338 e. The number of carbonyl (C=O) groups is 1. The van der Waals surface area contributed by atoms with Gasteiger partial charge in [0.2, 0.25) is 0 Å². The van der Waals surface area contributed by atoms with Gasteiger partial charge in [0.15, 0.2) is 5.60 Å². The molecule has 2 aliphatic rings. The fraction of sp³-hybridized carbons (Fsp3) is 0.667. The summed E-state index contributed by atoms with van der Waals surface area (Å²) < 4.78 is 5.27. The molecule has 0 bridgehead atoms. The van der Waals surface area contributed by atoms with E-state index in [1.54, 1.807) is 6.08 Å². The van der Waals surface area contributed by atoms with Gasteiger partial charge in [0.25, 0.3) is 0 Å². The molecule has 0 aromatic heterocycles. The van der Waals surface area contributed by atoms with Crippen molar-refractivity contribution in [2.75, 3.05) is 0 Å². The van der Waals surface area contributed by atoms with E-state index in [0.717, 1.165) is 12.0 Å². The number of hydrogen-bond acceptors (Lipinski definition) is 4. The molecule has 0 amide bonds. The van der Waals surface area contributed by atoms with E-state index < -0.39 is 23.8 Å². The molecule has 1 aliphatic heterocycles.